The lowest BCUT2D eigenvalue weighted by molar-refractivity contribution is 0.0185. The van der Waals surface area contributed by atoms with Crippen LogP contribution in [0.3, 0.4) is 0 Å². The van der Waals surface area contributed by atoms with Gasteiger partial charge in [0.2, 0.25) is 0 Å². The molecule has 4 heterocycles. The third-order valence-electron chi connectivity index (χ3n) is 5.14. The maximum Gasteiger partial charge on any atom is 0.257 e. The van der Waals surface area contributed by atoms with Crippen molar-refractivity contribution in [3.05, 3.63) is 48.0 Å². The van der Waals surface area contributed by atoms with Gasteiger partial charge in [-0.3, -0.25) is 14.5 Å². The first-order valence-corrected chi connectivity index (χ1v) is 8.49. The number of ether oxygens (including phenoxy) is 2. The number of nitrogens with zero attached hydrogens (tertiary/aromatic N) is 4. The molecular weight excluding hydrogens is 320 g/mol. The fourth-order valence-corrected chi connectivity index (χ4v) is 3.76. The zero-order valence-corrected chi connectivity index (χ0v) is 14.3. The Kier molecular flexibility index (Phi) is 4.27. The van der Waals surface area contributed by atoms with Crippen molar-refractivity contribution in [2.75, 3.05) is 32.9 Å². The third-order valence-corrected chi connectivity index (χ3v) is 5.14. The maximum absolute atomic E-state index is 12.7. The Hall–Kier alpha value is -2.25. The highest BCUT2D eigenvalue weighted by Crippen LogP contribution is 2.42. The predicted octanol–water partition coefficient (Wildman–Crippen LogP) is 1.12. The number of aryl methyl sites for hydroxylation is 1. The summed E-state index contributed by atoms with van der Waals surface area (Å²) < 4.78 is 13.3. The van der Waals surface area contributed by atoms with Crippen molar-refractivity contribution in [2.45, 2.75) is 6.61 Å². The van der Waals surface area contributed by atoms with Gasteiger partial charge in [0.15, 0.2) is 0 Å². The lowest BCUT2D eigenvalue weighted by Gasteiger charge is -2.26. The van der Waals surface area contributed by atoms with Gasteiger partial charge in [-0.1, -0.05) is 6.07 Å². The predicted molar refractivity (Wildman–Crippen MR) is 89.7 cm³/mol. The molecule has 2 saturated heterocycles. The molecule has 7 heteroatoms. The van der Waals surface area contributed by atoms with Gasteiger partial charge in [0.1, 0.15) is 0 Å². The van der Waals surface area contributed by atoms with E-state index in [9.17, 15) is 4.79 Å². The molecule has 2 aliphatic rings. The normalized spacial score (nSPS) is 25.3. The number of likely N-dealkylation sites (tertiary alicyclic amines) is 1. The standard InChI is InChI=1S/C18H22N4O3/c1-21-7-15(6-20-21)17(23)22-8-16-10-25-13-18(16,11-22)12-24-9-14-3-2-4-19-5-14/h2-7,16H,8-13H2,1H3/t16-,18-/m1/s1. The highest BCUT2D eigenvalue weighted by molar-refractivity contribution is 5.94. The molecule has 0 unspecified atom stereocenters. The van der Waals surface area contributed by atoms with E-state index in [1.807, 2.05) is 30.3 Å². The third kappa shape index (κ3) is 3.17. The van der Waals surface area contributed by atoms with E-state index in [1.165, 1.54) is 0 Å². The summed E-state index contributed by atoms with van der Waals surface area (Å²) in [5, 5.41) is 4.10. The van der Waals surface area contributed by atoms with Gasteiger partial charge >= 0.3 is 0 Å². The van der Waals surface area contributed by atoms with Crippen LogP contribution in [-0.4, -0.2) is 58.5 Å². The number of amides is 1. The van der Waals surface area contributed by atoms with Crippen molar-refractivity contribution >= 4 is 5.91 Å². The topological polar surface area (TPSA) is 69.5 Å². The minimum atomic E-state index is -0.111. The van der Waals surface area contributed by atoms with E-state index in [0.29, 0.717) is 51.0 Å². The summed E-state index contributed by atoms with van der Waals surface area (Å²) in [5.41, 5.74) is 1.57. The second kappa shape index (κ2) is 6.57. The Labute approximate surface area is 146 Å². The summed E-state index contributed by atoms with van der Waals surface area (Å²) in [7, 11) is 1.82. The van der Waals surface area contributed by atoms with Crippen molar-refractivity contribution in [2.24, 2.45) is 18.4 Å². The molecule has 2 fully saturated rings. The van der Waals surface area contributed by atoms with Crippen molar-refractivity contribution < 1.29 is 14.3 Å². The van der Waals surface area contributed by atoms with Gasteiger partial charge in [0, 0.05) is 50.1 Å². The molecule has 2 aliphatic heterocycles. The van der Waals surface area contributed by atoms with Gasteiger partial charge in [-0.25, -0.2) is 0 Å². The van der Waals surface area contributed by atoms with Gasteiger partial charge in [-0.05, 0) is 11.6 Å². The zero-order valence-electron chi connectivity index (χ0n) is 14.3. The van der Waals surface area contributed by atoms with Crippen molar-refractivity contribution in [3.63, 3.8) is 0 Å². The first-order chi connectivity index (χ1) is 12.2. The summed E-state index contributed by atoms with van der Waals surface area (Å²) in [6.07, 6.45) is 6.95. The molecule has 0 bridgehead atoms. The van der Waals surface area contributed by atoms with Crippen LogP contribution >= 0.6 is 0 Å². The van der Waals surface area contributed by atoms with Crippen LogP contribution in [0.2, 0.25) is 0 Å². The Morgan fingerprint density at radius 2 is 2.40 bits per heavy atom. The molecule has 0 aromatic carbocycles. The van der Waals surface area contributed by atoms with Crippen molar-refractivity contribution in [3.8, 4) is 0 Å². The summed E-state index contributed by atoms with van der Waals surface area (Å²) in [6, 6.07) is 3.91. The number of fused-ring (bicyclic) bond motifs is 1. The molecule has 2 aromatic heterocycles. The van der Waals surface area contributed by atoms with E-state index in [2.05, 4.69) is 10.1 Å². The minimum Gasteiger partial charge on any atom is -0.380 e. The molecule has 4 rings (SSSR count). The molecule has 2 atom stereocenters. The van der Waals surface area contributed by atoms with Crippen molar-refractivity contribution in [1.29, 1.82) is 0 Å². The van der Waals surface area contributed by atoms with E-state index >= 15 is 0 Å². The smallest absolute Gasteiger partial charge is 0.257 e. The van der Waals surface area contributed by atoms with Crippen LogP contribution in [0, 0.1) is 11.3 Å². The minimum absolute atomic E-state index is 0.0362. The second-order valence-corrected chi connectivity index (χ2v) is 7.02. The van der Waals surface area contributed by atoms with E-state index in [4.69, 9.17) is 9.47 Å². The zero-order chi connectivity index (χ0) is 17.3. The van der Waals surface area contributed by atoms with Gasteiger partial charge in [0.25, 0.3) is 5.91 Å². The molecule has 0 radical (unpaired) electrons. The Bertz CT molecular complexity index is 748. The number of hydrogen-bond acceptors (Lipinski definition) is 5. The quantitative estimate of drug-likeness (QED) is 0.814. The fourth-order valence-electron chi connectivity index (χ4n) is 3.76. The van der Waals surface area contributed by atoms with Crippen LogP contribution in [0.15, 0.2) is 36.9 Å². The number of pyridine rings is 1. The van der Waals surface area contributed by atoms with E-state index in [0.717, 1.165) is 5.56 Å². The SMILES string of the molecule is Cn1cc(C(=O)N2C[C@@H]3COC[C@]3(COCc3cccnc3)C2)cn1. The van der Waals surface area contributed by atoms with Crippen molar-refractivity contribution in [1.82, 2.24) is 19.7 Å². The summed E-state index contributed by atoms with van der Waals surface area (Å²) in [5.74, 6) is 0.358. The molecule has 0 spiro atoms. The van der Waals surface area contributed by atoms with Gasteiger partial charge in [-0.15, -0.1) is 0 Å². The Morgan fingerprint density at radius 3 is 3.16 bits per heavy atom. The van der Waals surface area contributed by atoms with Crippen LogP contribution in [0.1, 0.15) is 15.9 Å². The number of hydrogen-bond donors (Lipinski definition) is 0. The molecule has 0 aliphatic carbocycles. The first-order valence-electron chi connectivity index (χ1n) is 8.49. The number of carbonyl (C=O) groups excluding carboxylic acids is 1. The first kappa shape index (κ1) is 16.2. The number of aromatic nitrogens is 3. The largest absolute Gasteiger partial charge is 0.380 e. The summed E-state index contributed by atoms with van der Waals surface area (Å²) >= 11 is 0. The molecule has 2 aromatic rings. The monoisotopic (exact) mass is 342 g/mol. The maximum atomic E-state index is 12.7. The highest BCUT2D eigenvalue weighted by Gasteiger charge is 2.52. The summed E-state index contributed by atoms with van der Waals surface area (Å²) in [6.45, 7) is 3.82. The van der Waals surface area contributed by atoms with E-state index < -0.39 is 0 Å². The summed E-state index contributed by atoms with van der Waals surface area (Å²) in [4.78, 5) is 18.7. The molecule has 0 N–H and O–H groups in total. The van der Waals surface area contributed by atoms with Crippen LogP contribution in [0.25, 0.3) is 0 Å². The van der Waals surface area contributed by atoms with Gasteiger partial charge in [-0.2, -0.15) is 5.10 Å². The molecule has 7 nitrogen and oxygen atoms in total. The average Bonchev–Trinajstić information content (AvgIpc) is 3.29. The Balaban J connectivity index is 1.41. The van der Waals surface area contributed by atoms with E-state index in [1.54, 1.807) is 23.3 Å². The fraction of sp³-hybridized carbons (Fsp3) is 0.500. The Morgan fingerprint density at radius 1 is 1.48 bits per heavy atom. The van der Waals surface area contributed by atoms with Gasteiger partial charge < -0.3 is 14.4 Å². The number of rotatable bonds is 5. The second-order valence-electron chi connectivity index (χ2n) is 7.02. The van der Waals surface area contributed by atoms with E-state index in [-0.39, 0.29) is 11.3 Å². The molecule has 0 saturated carbocycles. The number of carbonyl (C=O) groups is 1. The molecule has 132 valence electrons. The lowest BCUT2D eigenvalue weighted by atomic mass is 9.82. The average molecular weight is 342 g/mol. The van der Waals surface area contributed by atoms with Gasteiger partial charge in [0.05, 0.1) is 38.2 Å². The van der Waals surface area contributed by atoms with Crippen LogP contribution in [0.4, 0.5) is 0 Å². The molecule has 25 heavy (non-hydrogen) atoms. The molecule has 1 amide bonds. The lowest BCUT2D eigenvalue weighted by Crippen LogP contribution is -2.37. The molecular formula is C18H22N4O3. The van der Waals surface area contributed by atoms with Crippen LogP contribution in [-0.2, 0) is 23.1 Å². The highest BCUT2D eigenvalue weighted by atomic mass is 16.5. The van der Waals surface area contributed by atoms with Crippen LogP contribution in [0.5, 0.6) is 0 Å². The van der Waals surface area contributed by atoms with Crippen LogP contribution < -0.4 is 0 Å².